The van der Waals surface area contributed by atoms with E-state index in [9.17, 15) is 4.39 Å². The van der Waals surface area contributed by atoms with E-state index >= 15 is 0 Å². The maximum absolute atomic E-state index is 12.9. The van der Waals surface area contributed by atoms with Crippen LogP contribution in [0.2, 0.25) is 0 Å². The van der Waals surface area contributed by atoms with E-state index in [1.807, 2.05) is 13.0 Å². The van der Waals surface area contributed by atoms with Crippen LogP contribution in [-0.4, -0.2) is 5.71 Å². The van der Waals surface area contributed by atoms with Gasteiger partial charge in [0, 0.05) is 35.9 Å². The Hall–Kier alpha value is -0.300. The van der Waals surface area contributed by atoms with Gasteiger partial charge in [0.25, 0.3) is 0 Å². The molecule has 0 spiro atoms. The SMILES string of the molecule is CC/C(=N\NSI)c1cccc(F)c1. The lowest BCUT2D eigenvalue weighted by molar-refractivity contribution is 0.627. The van der Waals surface area contributed by atoms with E-state index in [2.05, 4.69) is 31.1 Å². The number of nitrogens with zero attached hydrogens (tertiary/aromatic N) is 1. The Morgan fingerprint density at radius 2 is 2.43 bits per heavy atom. The monoisotopic (exact) mass is 324 g/mol. The number of hydrogen-bond acceptors (Lipinski definition) is 3. The average Bonchev–Trinajstić information content (AvgIpc) is 2.19. The van der Waals surface area contributed by atoms with Crippen LogP contribution in [0.25, 0.3) is 0 Å². The van der Waals surface area contributed by atoms with Crippen molar-refractivity contribution in [2.75, 3.05) is 0 Å². The average molecular weight is 324 g/mol. The fraction of sp³-hybridized carbons (Fsp3) is 0.222. The summed E-state index contributed by atoms with van der Waals surface area (Å²) in [6, 6.07) is 6.46. The normalized spacial score (nSPS) is 11.5. The smallest absolute Gasteiger partial charge is 0.123 e. The molecule has 76 valence electrons. The van der Waals surface area contributed by atoms with E-state index in [-0.39, 0.29) is 5.82 Å². The van der Waals surface area contributed by atoms with Gasteiger partial charge in [0.15, 0.2) is 0 Å². The molecule has 1 aromatic rings. The molecule has 1 aromatic carbocycles. The Kier molecular flexibility index (Phi) is 5.24. The van der Waals surface area contributed by atoms with E-state index < -0.39 is 0 Å². The van der Waals surface area contributed by atoms with Gasteiger partial charge in [0.2, 0.25) is 0 Å². The zero-order valence-electron chi connectivity index (χ0n) is 7.63. The lowest BCUT2D eigenvalue weighted by atomic mass is 10.1. The van der Waals surface area contributed by atoms with Gasteiger partial charge in [-0.3, -0.25) is 0 Å². The predicted octanol–water partition coefficient (Wildman–Crippen LogP) is 3.53. The van der Waals surface area contributed by atoms with E-state index in [0.29, 0.717) is 0 Å². The predicted molar refractivity (Wildman–Crippen MR) is 68.0 cm³/mol. The minimum Gasteiger partial charge on any atom is -0.242 e. The third kappa shape index (κ3) is 3.45. The van der Waals surface area contributed by atoms with Crippen molar-refractivity contribution in [2.24, 2.45) is 5.10 Å². The number of nitrogens with one attached hydrogen (secondary N) is 1. The molecule has 5 heteroatoms. The van der Waals surface area contributed by atoms with Crippen LogP contribution in [-0.2, 0) is 0 Å². The van der Waals surface area contributed by atoms with Crippen LogP contribution in [0.1, 0.15) is 18.9 Å². The fourth-order valence-corrected chi connectivity index (χ4v) is 1.53. The molecule has 0 bridgehead atoms. The topological polar surface area (TPSA) is 24.4 Å². The zero-order valence-corrected chi connectivity index (χ0v) is 10.6. The highest BCUT2D eigenvalue weighted by molar-refractivity contribution is 14.2. The summed E-state index contributed by atoms with van der Waals surface area (Å²) in [7, 11) is 1.38. The highest BCUT2D eigenvalue weighted by atomic mass is 127. The van der Waals surface area contributed by atoms with Crippen molar-refractivity contribution in [3.63, 3.8) is 0 Å². The number of benzene rings is 1. The standard InChI is InChI=1S/C9H10FIN2S/c1-2-9(12-13-14-11)7-4-3-5-8(10)6-7/h3-6,13H,2H2,1H3/b12-9+. The summed E-state index contributed by atoms with van der Waals surface area (Å²) in [6.07, 6.45) is 0.771. The minimum absolute atomic E-state index is 0.231. The highest BCUT2D eigenvalue weighted by Gasteiger charge is 2.01. The second kappa shape index (κ2) is 6.23. The van der Waals surface area contributed by atoms with Crippen LogP contribution in [0.4, 0.5) is 4.39 Å². The van der Waals surface area contributed by atoms with Gasteiger partial charge in [-0.2, -0.15) is 5.10 Å². The Bertz CT molecular complexity index is 330. The van der Waals surface area contributed by atoms with Crippen molar-refractivity contribution < 1.29 is 4.39 Å². The van der Waals surface area contributed by atoms with Gasteiger partial charge in [-0.1, -0.05) is 19.1 Å². The van der Waals surface area contributed by atoms with Crippen molar-refractivity contribution in [2.45, 2.75) is 13.3 Å². The number of halogens is 2. The summed E-state index contributed by atoms with van der Waals surface area (Å²) >= 11 is 2.09. The summed E-state index contributed by atoms with van der Waals surface area (Å²) in [5.41, 5.74) is 1.68. The van der Waals surface area contributed by atoms with Gasteiger partial charge in [0.05, 0.1) is 5.71 Å². The molecule has 2 nitrogen and oxygen atoms in total. The lowest BCUT2D eigenvalue weighted by Crippen LogP contribution is -2.04. The molecule has 0 aliphatic heterocycles. The van der Waals surface area contributed by atoms with Gasteiger partial charge in [-0.05, 0) is 18.6 Å². The minimum atomic E-state index is -0.231. The van der Waals surface area contributed by atoms with Gasteiger partial charge in [-0.15, -0.1) is 0 Å². The quantitative estimate of drug-likeness (QED) is 0.397. The van der Waals surface area contributed by atoms with Gasteiger partial charge in [-0.25, -0.2) is 9.22 Å². The van der Waals surface area contributed by atoms with Crippen molar-refractivity contribution in [3.05, 3.63) is 35.6 Å². The molecule has 0 unspecified atom stereocenters. The molecule has 1 N–H and O–H groups in total. The molecule has 0 aromatic heterocycles. The molecule has 14 heavy (non-hydrogen) atoms. The first-order valence-corrected chi connectivity index (χ1v) is 7.49. The van der Waals surface area contributed by atoms with Gasteiger partial charge >= 0.3 is 0 Å². The number of rotatable bonds is 4. The first kappa shape index (κ1) is 11.8. The molecule has 0 saturated heterocycles. The molecule has 0 aliphatic carbocycles. The Labute approximate surface area is 99.1 Å². The lowest BCUT2D eigenvalue weighted by Gasteiger charge is -2.03. The summed E-state index contributed by atoms with van der Waals surface area (Å²) < 4.78 is 12.9. The van der Waals surface area contributed by atoms with Crippen molar-refractivity contribution in [1.29, 1.82) is 0 Å². The third-order valence-corrected chi connectivity index (χ3v) is 2.46. The summed E-state index contributed by atoms with van der Waals surface area (Å²) in [5.74, 6) is -0.231. The molecule has 0 radical (unpaired) electrons. The molecule has 0 saturated carbocycles. The molecule has 0 fully saturated rings. The van der Waals surface area contributed by atoms with Crippen molar-refractivity contribution in [3.8, 4) is 0 Å². The molecule has 0 amide bonds. The Morgan fingerprint density at radius 3 is 3.00 bits per heavy atom. The van der Waals surface area contributed by atoms with E-state index in [0.717, 1.165) is 17.7 Å². The molecule has 1 rings (SSSR count). The van der Waals surface area contributed by atoms with Crippen LogP contribution in [0.15, 0.2) is 29.4 Å². The number of hydrogen-bond donors (Lipinski definition) is 1. The van der Waals surface area contributed by atoms with Crippen LogP contribution in [0, 0.1) is 5.82 Å². The first-order valence-electron chi connectivity index (χ1n) is 4.13. The molecular formula is C9H10FIN2S. The second-order valence-corrected chi connectivity index (χ2v) is 4.25. The zero-order chi connectivity index (χ0) is 10.4. The molecule has 0 heterocycles. The van der Waals surface area contributed by atoms with Crippen molar-refractivity contribution >= 4 is 36.0 Å². The summed E-state index contributed by atoms with van der Waals surface area (Å²) in [5, 5.41) is 4.13. The maximum atomic E-state index is 12.9. The van der Waals surface area contributed by atoms with Crippen molar-refractivity contribution in [1.82, 2.24) is 4.83 Å². The third-order valence-electron chi connectivity index (χ3n) is 1.71. The first-order chi connectivity index (χ1) is 6.77. The molecular weight excluding hydrogens is 314 g/mol. The second-order valence-electron chi connectivity index (χ2n) is 2.59. The van der Waals surface area contributed by atoms with E-state index in [1.54, 1.807) is 6.07 Å². The maximum Gasteiger partial charge on any atom is 0.123 e. The van der Waals surface area contributed by atoms with Crippen LogP contribution in [0.5, 0.6) is 0 Å². The van der Waals surface area contributed by atoms with Crippen LogP contribution in [0.3, 0.4) is 0 Å². The van der Waals surface area contributed by atoms with Crippen LogP contribution < -0.4 is 4.83 Å². The molecule has 0 atom stereocenters. The molecule has 0 aliphatic rings. The van der Waals surface area contributed by atoms with Gasteiger partial charge in [0.1, 0.15) is 5.82 Å². The van der Waals surface area contributed by atoms with E-state index in [4.69, 9.17) is 0 Å². The van der Waals surface area contributed by atoms with Crippen LogP contribution >= 0.6 is 30.3 Å². The summed E-state index contributed by atoms with van der Waals surface area (Å²) in [4.78, 5) is 2.79. The summed E-state index contributed by atoms with van der Waals surface area (Å²) in [6.45, 7) is 1.99. The largest absolute Gasteiger partial charge is 0.242 e. The fourth-order valence-electron chi connectivity index (χ4n) is 1.09. The Morgan fingerprint density at radius 1 is 1.64 bits per heavy atom. The van der Waals surface area contributed by atoms with Gasteiger partial charge < -0.3 is 0 Å². The Balaban J connectivity index is 2.89. The van der Waals surface area contributed by atoms with E-state index in [1.165, 1.54) is 21.3 Å². The number of hydrazone groups is 1. The highest BCUT2D eigenvalue weighted by Crippen LogP contribution is 2.09.